The summed E-state index contributed by atoms with van der Waals surface area (Å²) in [5.41, 5.74) is 0.316. The monoisotopic (exact) mass is 422 g/mol. The zero-order valence-corrected chi connectivity index (χ0v) is 16.2. The smallest absolute Gasteiger partial charge is 0.323 e. The van der Waals surface area contributed by atoms with E-state index >= 15 is 0 Å². The Balaban J connectivity index is 1.36. The van der Waals surface area contributed by atoms with Crippen molar-refractivity contribution in [1.82, 2.24) is 19.7 Å². The fraction of sp³-hybridized carbons (Fsp3) is 0.0476. The second-order valence-corrected chi connectivity index (χ2v) is 6.40. The van der Waals surface area contributed by atoms with Crippen LogP contribution in [0.5, 0.6) is 11.6 Å². The number of urea groups is 1. The van der Waals surface area contributed by atoms with Crippen molar-refractivity contribution in [2.75, 3.05) is 10.6 Å². The number of rotatable bonds is 5. The zero-order valence-electron chi connectivity index (χ0n) is 16.2. The number of carbonyl (C=O) groups excluding carboxylic acids is 1. The Bertz CT molecular complexity index is 1210. The maximum atomic E-state index is 13.6. The van der Waals surface area contributed by atoms with Crippen molar-refractivity contribution in [1.29, 1.82) is 0 Å². The number of halogens is 2. The van der Waals surface area contributed by atoms with Gasteiger partial charge in [0.05, 0.1) is 5.69 Å². The van der Waals surface area contributed by atoms with Crippen LogP contribution < -0.4 is 15.4 Å². The molecule has 2 N–H and O–H groups in total. The number of hydrogen-bond donors (Lipinski definition) is 2. The molecule has 2 aromatic heterocycles. The van der Waals surface area contributed by atoms with Crippen LogP contribution in [0.1, 0.15) is 5.82 Å². The van der Waals surface area contributed by atoms with E-state index in [1.54, 1.807) is 53.4 Å². The molecule has 2 heterocycles. The van der Waals surface area contributed by atoms with Crippen LogP contribution in [-0.2, 0) is 0 Å². The molecule has 4 aromatic rings. The van der Waals surface area contributed by atoms with Crippen molar-refractivity contribution >= 4 is 17.4 Å². The van der Waals surface area contributed by atoms with Gasteiger partial charge in [0, 0.05) is 30.2 Å². The second-order valence-electron chi connectivity index (χ2n) is 6.40. The Kier molecular flexibility index (Phi) is 5.52. The van der Waals surface area contributed by atoms with Gasteiger partial charge >= 0.3 is 6.03 Å². The summed E-state index contributed by atoms with van der Waals surface area (Å²) in [6.07, 6.45) is 3.46. The summed E-state index contributed by atoms with van der Waals surface area (Å²) in [6, 6.07) is 12.1. The lowest BCUT2D eigenvalue weighted by Crippen LogP contribution is -2.20. The Morgan fingerprint density at radius 3 is 2.45 bits per heavy atom. The molecular weight excluding hydrogens is 406 g/mol. The van der Waals surface area contributed by atoms with Crippen molar-refractivity contribution in [3.05, 3.63) is 84.4 Å². The van der Waals surface area contributed by atoms with Crippen LogP contribution in [0.4, 0.5) is 25.0 Å². The number of hydrogen-bond acceptors (Lipinski definition) is 5. The van der Waals surface area contributed by atoms with E-state index in [1.807, 2.05) is 6.92 Å². The van der Waals surface area contributed by atoms with Gasteiger partial charge in [0.25, 0.3) is 0 Å². The molecule has 0 saturated carbocycles. The quantitative estimate of drug-likeness (QED) is 0.487. The van der Waals surface area contributed by atoms with Gasteiger partial charge in [0.2, 0.25) is 5.88 Å². The number of carbonyl (C=O) groups is 1. The number of aromatic nitrogens is 4. The summed E-state index contributed by atoms with van der Waals surface area (Å²) in [4.78, 5) is 16.1. The predicted octanol–water partition coefficient (Wildman–Crippen LogP) is 4.69. The Labute approximate surface area is 175 Å². The minimum atomic E-state index is -0.866. The highest BCUT2D eigenvalue weighted by molar-refractivity contribution is 5.99. The third kappa shape index (κ3) is 4.81. The van der Waals surface area contributed by atoms with Crippen LogP contribution in [0.15, 0.2) is 67.0 Å². The molecule has 0 aliphatic rings. The number of ether oxygens (including phenoxy) is 1. The maximum Gasteiger partial charge on any atom is 0.323 e. The van der Waals surface area contributed by atoms with E-state index in [0.717, 1.165) is 18.0 Å². The first-order valence-corrected chi connectivity index (χ1v) is 9.13. The Morgan fingerprint density at radius 1 is 1.00 bits per heavy atom. The SMILES string of the molecule is Cc1nccn1-c1ccc(Oc2ccc(NC(=O)Nc3ccc(F)cc3F)cc2)nn1. The van der Waals surface area contributed by atoms with Crippen molar-refractivity contribution in [3.8, 4) is 17.4 Å². The molecule has 10 heteroatoms. The normalized spacial score (nSPS) is 10.5. The van der Waals surface area contributed by atoms with E-state index in [9.17, 15) is 13.6 Å². The lowest BCUT2D eigenvalue weighted by molar-refractivity contribution is 0.262. The van der Waals surface area contributed by atoms with E-state index in [0.29, 0.717) is 29.2 Å². The largest absolute Gasteiger partial charge is 0.438 e. The molecule has 0 bridgehead atoms. The van der Waals surface area contributed by atoms with Crippen molar-refractivity contribution in [2.45, 2.75) is 6.92 Å². The average Bonchev–Trinajstić information content (AvgIpc) is 3.18. The average molecular weight is 422 g/mol. The third-order valence-electron chi connectivity index (χ3n) is 4.21. The Morgan fingerprint density at radius 2 is 1.81 bits per heavy atom. The molecular formula is C21H16F2N6O2. The highest BCUT2D eigenvalue weighted by Gasteiger charge is 2.09. The summed E-state index contributed by atoms with van der Waals surface area (Å²) in [5, 5.41) is 13.0. The number of imidazole rings is 1. The standard InChI is InChI=1S/C21H16F2N6O2/c1-13-24-10-11-29(13)19-8-9-20(28-27-19)31-16-5-3-15(4-6-16)25-21(30)26-18-7-2-14(22)12-17(18)23/h2-12H,1H3,(H2,25,26,30). The van der Waals surface area contributed by atoms with Crippen LogP contribution in [0, 0.1) is 18.6 Å². The first kappa shape index (κ1) is 20.0. The number of nitrogens with one attached hydrogen (secondary N) is 2. The zero-order chi connectivity index (χ0) is 21.8. The predicted molar refractivity (Wildman–Crippen MR) is 109 cm³/mol. The number of anilines is 2. The molecule has 0 saturated heterocycles. The van der Waals surface area contributed by atoms with Crippen LogP contribution in [0.3, 0.4) is 0 Å². The lowest BCUT2D eigenvalue weighted by Gasteiger charge is -2.10. The minimum Gasteiger partial charge on any atom is -0.438 e. The van der Waals surface area contributed by atoms with Crippen LogP contribution in [-0.4, -0.2) is 25.8 Å². The summed E-state index contributed by atoms with van der Waals surface area (Å²) in [5.74, 6) is 0.593. The molecule has 0 aliphatic heterocycles. The summed E-state index contributed by atoms with van der Waals surface area (Å²) in [6.45, 7) is 1.86. The molecule has 31 heavy (non-hydrogen) atoms. The summed E-state index contributed by atoms with van der Waals surface area (Å²) < 4.78 is 34.0. The van der Waals surface area contributed by atoms with E-state index in [4.69, 9.17) is 4.74 Å². The fourth-order valence-electron chi connectivity index (χ4n) is 2.72. The van der Waals surface area contributed by atoms with E-state index in [2.05, 4.69) is 25.8 Å². The molecule has 2 amide bonds. The highest BCUT2D eigenvalue weighted by Crippen LogP contribution is 2.22. The number of nitrogens with zero attached hydrogens (tertiary/aromatic N) is 4. The van der Waals surface area contributed by atoms with Crippen molar-refractivity contribution in [3.63, 3.8) is 0 Å². The summed E-state index contributed by atoms with van der Waals surface area (Å²) in [7, 11) is 0. The maximum absolute atomic E-state index is 13.6. The molecule has 0 atom stereocenters. The van der Waals surface area contributed by atoms with Gasteiger partial charge in [-0.2, -0.15) is 0 Å². The van der Waals surface area contributed by atoms with Crippen LogP contribution >= 0.6 is 0 Å². The molecule has 0 unspecified atom stereocenters. The summed E-state index contributed by atoms with van der Waals surface area (Å²) >= 11 is 0. The molecule has 0 fully saturated rings. The van der Waals surface area contributed by atoms with Gasteiger partial charge in [-0.1, -0.05) is 0 Å². The van der Waals surface area contributed by atoms with Gasteiger partial charge in [0.15, 0.2) is 5.82 Å². The van der Waals surface area contributed by atoms with Crippen molar-refractivity contribution < 1.29 is 18.3 Å². The second kappa shape index (κ2) is 8.57. The van der Waals surface area contributed by atoms with Gasteiger partial charge in [0.1, 0.15) is 23.2 Å². The van der Waals surface area contributed by atoms with Crippen molar-refractivity contribution in [2.24, 2.45) is 0 Å². The van der Waals surface area contributed by atoms with Crippen LogP contribution in [0.2, 0.25) is 0 Å². The Hall–Kier alpha value is -4.34. The molecule has 0 spiro atoms. The van der Waals surface area contributed by atoms with Gasteiger partial charge in [-0.05, 0) is 49.4 Å². The molecule has 8 nitrogen and oxygen atoms in total. The number of amides is 2. The first-order valence-electron chi connectivity index (χ1n) is 9.13. The molecule has 156 valence electrons. The minimum absolute atomic E-state index is 0.133. The highest BCUT2D eigenvalue weighted by atomic mass is 19.1. The molecule has 4 rings (SSSR count). The van der Waals surface area contributed by atoms with Gasteiger partial charge in [-0.25, -0.2) is 18.6 Å². The van der Waals surface area contributed by atoms with Gasteiger partial charge in [-0.15, -0.1) is 10.2 Å². The van der Waals surface area contributed by atoms with Gasteiger partial charge < -0.3 is 15.4 Å². The number of benzene rings is 2. The van der Waals surface area contributed by atoms with E-state index in [1.165, 1.54) is 0 Å². The van der Waals surface area contributed by atoms with Gasteiger partial charge in [-0.3, -0.25) is 4.57 Å². The molecule has 0 radical (unpaired) electrons. The third-order valence-corrected chi connectivity index (χ3v) is 4.21. The molecule has 0 aliphatic carbocycles. The topological polar surface area (TPSA) is 94.0 Å². The van der Waals surface area contributed by atoms with E-state index in [-0.39, 0.29) is 5.69 Å². The fourth-order valence-corrected chi connectivity index (χ4v) is 2.72. The first-order chi connectivity index (χ1) is 15.0. The lowest BCUT2D eigenvalue weighted by atomic mass is 10.3. The van der Waals surface area contributed by atoms with E-state index < -0.39 is 17.7 Å². The number of aryl methyl sites for hydroxylation is 1. The molecule has 2 aromatic carbocycles. The van der Waals surface area contributed by atoms with Crippen LogP contribution in [0.25, 0.3) is 5.82 Å².